The van der Waals surface area contributed by atoms with E-state index in [1.807, 2.05) is 42.5 Å². The summed E-state index contributed by atoms with van der Waals surface area (Å²) < 4.78 is 5.90. The molecule has 2 aromatic carbocycles. The van der Waals surface area contributed by atoms with E-state index in [2.05, 4.69) is 25.8 Å². The van der Waals surface area contributed by atoms with Gasteiger partial charge in [-0.3, -0.25) is 0 Å². The van der Waals surface area contributed by atoms with Crippen molar-refractivity contribution in [1.29, 1.82) is 0 Å². The van der Waals surface area contributed by atoms with Gasteiger partial charge in [0.25, 0.3) is 0 Å². The van der Waals surface area contributed by atoms with E-state index in [-0.39, 0.29) is 0 Å². The van der Waals surface area contributed by atoms with Crippen molar-refractivity contribution in [3.05, 3.63) is 59.7 Å². The molecule has 0 aliphatic rings. The molecule has 0 saturated heterocycles. The molecular weight excluding hydrogens is 220 g/mol. The van der Waals surface area contributed by atoms with Crippen LogP contribution in [0.1, 0.15) is 30.9 Å². The first kappa shape index (κ1) is 12.3. The fourth-order valence-electron chi connectivity index (χ4n) is 1.80. The molecule has 0 heterocycles. The van der Waals surface area contributed by atoms with Gasteiger partial charge in [0.05, 0.1) is 0 Å². The molecule has 0 saturated carbocycles. The Bertz CT molecular complexity index is 559. The molecule has 2 rings (SSSR count). The Morgan fingerprint density at radius 2 is 1.67 bits per heavy atom. The molecule has 0 unspecified atom stereocenters. The number of para-hydroxylation sites is 1. The van der Waals surface area contributed by atoms with Gasteiger partial charge in [-0.15, -0.1) is 6.42 Å². The molecule has 1 nitrogen and oxygen atoms in total. The Labute approximate surface area is 108 Å². The summed E-state index contributed by atoms with van der Waals surface area (Å²) >= 11 is 0. The lowest BCUT2D eigenvalue weighted by molar-refractivity contribution is 0.473. The first-order valence-corrected chi connectivity index (χ1v) is 6.04. The zero-order chi connectivity index (χ0) is 13.0. The minimum Gasteiger partial charge on any atom is -0.457 e. The molecule has 0 aliphatic carbocycles. The van der Waals surface area contributed by atoms with Crippen LogP contribution < -0.4 is 4.74 Å². The molecule has 0 spiro atoms. The molecule has 18 heavy (non-hydrogen) atoms. The van der Waals surface area contributed by atoms with E-state index in [0.717, 1.165) is 17.1 Å². The highest BCUT2D eigenvalue weighted by molar-refractivity contribution is 5.42. The smallest absolute Gasteiger partial charge is 0.130 e. The van der Waals surface area contributed by atoms with Gasteiger partial charge in [-0.05, 0) is 41.8 Å². The summed E-state index contributed by atoms with van der Waals surface area (Å²) in [5, 5.41) is 0. The van der Waals surface area contributed by atoms with Gasteiger partial charge in [-0.25, -0.2) is 0 Å². The Hall–Kier alpha value is -2.20. The lowest BCUT2D eigenvalue weighted by atomic mass is 10.0. The molecule has 0 N–H and O–H groups in total. The van der Waals surface area contributed by atoms with Gasteiger partial charge < -0.3 is 4.74 Å². The van der Waals surface area contributed by atoms with E-state index in [1.54, 1.807) is 0 Å². The van der Waals surface area contributed by atoms with Crippen molar-refractivity contribution >= 4 is 0 Å². The van der Waals surface area contributed by atoms with Gasteiger partial charge in [0, 0.05) is 5.56 Å². The molecule has 0 bridgehead atoms. The van der Waals surface area contributed by atoms with Crippen molar-refractivity contribution in [3.63, 3.8) is 0 Å². The lowest BCUT2D eigenvalue weighted by Crippen LogP contribution is -1.93. The normalized spacial score (nSPS) is 10.1. The summed E-state index contributed by atoms with van der Waals surface area (Å²) in [5.74, 6) is 4.74. The summed E-state index contributed by atoms with van der Waals surface area (Å²) in [5.41, 5.74) is 2.07. The Morgan fingerprint density at radius 3 is 2.28 bits per heavy atom. The largest absolute Gasteiger partial charge is 0.457 e. The van der Waals surface area contributed by atoms with Crippen LogP contribution in [-0.4, -0.2) is 0 Å². The van der Waals surface area contributed by atoms with Crippen molar-refractivity contribution < 1.29 is 4.74 Å². The van der Waals surface area contributed by atoms with E-state index in [4.69, 9.17) is 11.2 Å². The molecule has 0 aromatic heterocycles. The molecule has 0 amide bonds. The third-order valence-corrected chi connectivity index (χ3v) is 2.79. The maximum Gasteiger partial charge on any atom is 0.130 e. The van der Waals surface area contributed by atoms with Gasteiger partial charge in [0.15, 0.2) is 0 Å². The summed E-state index contributed by atoms with van der Waals surface area (Å²) in [6.45, 7) is 4.31. The SMILES string of the molecule is C#Cc1ccc(Oc2ccccc2C(C)C)cc1. The van der Waals surface area contributed by atoms with E-state index in [9.17, 15) is 0 Å². The van der Waals surface area contributed by atoms with E-state index >= 15 is 0 Å². The topological polar surface area (TPSA) is 9.23 Å². The number of terminal acetylenes is 1. The highest BCUT2D eigenvalue weighted by atomic mass is 16.5. The van der Waals surface area contributed by atoms with Crippen molar-refractivity contribution in [2.24, 2.45) is 0 Å². The molecule has 0 fully saturated rings. The first-order chi connectivity index (χ1) is 8.70. The van der Waals surface area contributed by atoms with Crippen LogP contribution in [0.4, 0.5) is 0 Å². The minimum atomic E-state index is 0.436. The summed E-state index contributed by atoms with van der Waals surface area (Å²) in [6, 6.07) is 15.7. The van der Waals surface area contributed by atoms with Crippen molar-refractivity contribution in [2.75, 3.05) is 0 Å². The van der Waals surface area contributed by atoms with Gasteiger partial charge in [0.2, 0.25) is 0 Å². The maximum absolute atomic E-state index is 5.90. The standard InChI is InChI=1S/C17H16O/c1-4-14-9-11-15(12-10-14)18-17-8-6-5-7-16(17)13(2)3/h1,5-13H,2-3H3. The van der Waals surface area contributed by atoms with Crippen LogP contribution in [0.15, 0.2) is 48.5 Å². The van der Waals surface area contributed by atoms with E-state index < -0.39 is 0 Å². The number of hydrogen-bond donors (Lipinski definition) is 0. The third-order valence-electron chi connectivity index (χ3n) is 2.79. The number of benzene rings is 2. The number of ether oxygens (including phenoxy) is 1. The fourth-order valence-corrected chi connectivity index (χ4v) is 1.80. The van der Waals surface area contributed by atoms with Crippen LogP contribution in [0.2, 0.25) is 0 Å². The van der Waals surface area contributed by atoms with Gasteiger partial charge in [-0.2, -0.15) is 0 Å². The van der Waals surface area contributed by atoms with Gasteiger partial charge in [-0.1, -0.05) is 38.0 Å². The van der Waals surface area contributed by atoms with Crippen LogP contribution in [0.3, 0.4) is 0 Å². The Kier molecular flexibility index (Phi) is 3.69. The predicted octanol–water partition coefficient (Wildman–Crippen LogP) is 4.58. The van der Waals surface area contributed by atoms with Crippen LogP contribution >= 0.6 is 0 Å². The second-order valence-electron chi connectivity index (χ2n) is 4.46. The third kappa shape index (κ3) is 2.73. The van der Waals surface area contributed by atoms with Crippen molar-refractivity contribution in [3.8, 4) is 23.8 Å². The molecule has 0 aliphatic heterocycles. The first-order valence-electron chi connectivity index (χ1n) is 6.04. The molecule has 0 atom stereocenters. The minimum absolute atomic E-state index is 0.436. The van der Waals surface area contributed by atoms with Gasteiger partial charge in [0.1, 0.15) is 11.5 Å². The van der Waals surface area contributed by atoms with Crippen LogP contribution in [0.25, 0.3) is 0 Å². The number of hydrogen-bond acceptors (Lipinski definition) is 1. The molecule has 0 radical (unpaired) electrons. The van der Waals surface area contributed by atoms with Crippen LogP contribution in [0, 0.1) is 12.3 Å². The summed E-state index contributed by atoms with van der Waals surface area (Å²) in [7, 11) is 0. The predicted molar refractivity (Wildman–Crippen MR) is 75.0 cm³/mol. The maximum atomic E-state index is 5.90. The lowest BCUT2D eigenvalue weighted by Gasteiger charge is -2.13. The summed E-state index contributed by atoms with van der Waals surface area (Å²) in [4.78, 5) is 0. The highest BCUT2D eigenvalue weighted by Crippen LogP contribution is 2.30. The molecule has 2 aromatic rings. The second-order valence-corrected chi connectivity index (χ2v) is 4.46. The van der Waals surface area contributed by atoms with Crippen molar-refractivity contribution in [1.82, 2.24) is 0 Å². The molecule has 1 heteroatoms. The highest BCUT2D eigenvalue weighted by Gasteiger charge is 2.07. The van der Waals surface area contributed by atoms with Gasteiger partial charge >= 0.3 is 0 Å². The second kappa shape index (κ2) is 5.42. The average molecular weight is 236 g/mol. The zero-order valence-corrected chi connectivity index (χ0v) is 10.7. The zero-order valence-electron chi connectivity index (χ0n) is 10.7. The monoisotopic (exact) mass is 236 g/mol. The quantitative estimate of drug-likeness (QED) is 0.708. The summed E-state index contributed by atoms with van der Waals surface area (Å²) in [6.07, 6.45) is 5.33. The van der Waals surface area contributed by atoms with E-state index in [0.29, 0.717) is 5.92 Å². The Morgan fingerprint density at radius 1 is 1.00 bits per heavy atom. The molecular formula is C17H16O. The fraction of sp³-hybridized carbons (Fsp3) is 0.176. The Balaban J connectivity index is 2.26. The van der Waals surface area contributed by atoms with Crippen LogP contribution in [-0.2, 0) is 0 Å². The van der Waals surface area contributed by atoms with E-state index in [1.165, 1.54) is 5.56 Å². The average Bonchev–Trinajstić information content (AvgIpc) is 2.40. The van der Waals surface area contributed by atoms with Crippen molar-refractivity contribution in [2.45, 2.75) is 19.8 Å². The number of rotatable bonds is 3. The molecule has 90 valence electrons. The van der Waals surface area contributed by atoms with Crippen LogP contribution in [0.5, 0.6) is 11.5 Å².